The first-order valence-corrected chi connectivity index (χ1v) is 5.75. The molecule has 0 aliphatic heterocycles. The number of hydrogen-bond acceptors (Lipinski definition) is 6. The Labute approximate surface area is 108 Å². The first kappa shape index (κ1) is 11.3. The number of aromatic nitrogens is 7. The molecule has 8 nitrogen and oxygen atoms in total. The Morgan fingerprint density at radius 1 is 0.947 bits per heavy atom. The smallest absolute Gasteiger partial charge is 0.323 e. The quantitative estimate of drug-likeness (QED) is 0.682. The molecule has 0 fully saturated rings. The fourth-order valence-electron chi connectivity index (χ4n) is 1.51. The van der Waals surface area contributed by atoms with E-state index in [0.29, 0.717) is 18.5 Å². The van der Waals surface area contributed by atoms with Gasteiger partial charge in [-0.1, -0.05) is 0 Å². The summed E-state index contributed by atoms with van der Waals surface area (Å²) in [6.45, 7) is 2.34. The molecule has 3 rings (SSSR count). The van der Waals surface area contributed by atoms with Crippen LogP contribution in [0.4, 0.5) is 0 Å². The van der Waals surface area contributed by atoms with Crippen LogP contribution in [0.1, 0.15) is 6.92 Å². The zero-order chi connectivity index (χ0) is 13.1. The van der Waals surface area contributed by atoms with E-state index in [1.54, 1.807) is 36.9 Å². The topological polar surface area (TPSA) is 83.5 Å². The van der Waals surface area contributed by atoms with Gasteiger partial charge in [0.2, 0.25) is 0 Å². The monoisotopic (exact) mass is 257 g/mol. The Morgan fingerprint density at radius 3 is 1.95 bits per heavy atom. The van der Waals surface area contributed by atoms with Gasteiger partial charge in [0.1, 0.15) is 0 Å². The van der Waals surface area contributed by atoms with Crippen molar-refractivity contribution in [1.29, 1.82) is 0 Å². The minimum atomic E-state index is 0.244. The largest absolute Gasteiger partial charge is 0.464 e. The first-order chi connectivity index (χ1) is 9.36. The van der Waals surface area contributed by atoms with Gasteiger partial charge < -0.3 is 4.74 Å². The van der Waals surface area contributed by atoms with E-state index < -0.39 is 0 Å². The lowest BCUT2D eigenvalue weighted by Crippen LogP contribution is -2.11. The van der Waals surface area contributed by atoms with Gasteiger partial charge in [-0.2, -0.15) is 25.1 Å². The molecule has 0 N–H and O–H groups in total. The molecule has 96 valence electrons. The molecule has 0 spiro atoms. The van der Waals surface area contributed by atoms with Crippen LogP contribution in [-0.4, -0.2) is 41.1 Å². The lowest BCUT2D eigenvalue weighted by atomic mass is 10.7. The summed E-state index contributed by atoms with van der Waals surface area (Å²) in [5.74, 6) is 0.767. The van der Waals surface area contributed by atoms with Crippen LogP contribution in [0.15, 0.2) is 36.9 Å². The Hall–Kier alpha value is -2.77. The highest BCUT2D eigenvalue weighted by atomic mass is 16.5. The summed E-state index contributed by atoms with van der Waals surface area (Å²) in [5, 5.41) is 8.18. The molecular weight excluding hydrogens is 246 g/mol. The molecule has 0 saturated heterocycles. The highest BCUT2D eigenvalue weighted by Crippen LogP contribution is 2.09. The number of ether oxygens (including phenoxy) is 1. The zero-order valence-electron chi connectivity index (χ0n) is 10.2. The Kier molecular flexibility index (Phi) is 2.89. The van der Waals surface area contributed by atoms with E-state index in [1.807, 2.05) is 6.92 Å². The average molecular weight is 257 g/mol. The van der Waals surface area contributed by atoms with Gasteiger partial charge in [-0.15, -0.1) is 0 Å². The molecule has 0 aromatic carbocycles. The van der Waals surface area contributed by atoms with Crippen molar-refractivity contribution in [1.82, 2.24) is 34.5 Å². The second-order valence-corrected chi connectivity index (χ2v) is 3.55. The third-order valence-electron chi connectivity index (χ3n) is 2.28. The molecule has 8 heteroatoms. The van der Waals surface area contributed by atoms with Crippen molar-refractivity contribution in [3.05, 3.63) is 36.9 Å². The molecule has 0 aliphatic carbocycles. The van der Waals surface area contributed by atoms with Crippen molar-refractivity contribution in [2.24, 2.45) is 0 Å². The molecule has 0 atom stereocenters. The fraction of sp³-hybridized carbons (Fsp3) is 0.182. The zero-order valence-corrected chi connectivity index (χ0v) is 10.2. The third-order valence-corrected chi connectivity index (χ3v) is 2.28. The van der Waals surface area contributed by atoms with Crippen LogP contribution >= 0.6 is 0 Å². The third kappa shape index (κ3) is 2.28. The van der Waals surface area contributed by atoms with Crippen molar-refractivity contribution >= 4 is 0 Å². The highest BCUT2D eigenvalue weighted by molar-refractivity contribution is 5.20. The molecule has 3 aromatic heterocycles. The van der Waals surface area contributed by atoms with Crippen LogP contribution in [0.5, 0.6) is 6.01 Å². The fourth-order valence-corrected chi connectivity index (χ4v) is 1.51. The normalized spacial score (nSPS) is 10.6. The van der Waals surface area contributed by atoms with Crippen LogP contribution < -0.4 is 4.74 Å². The molecule has 0 bridgehead atoms. The van der Waals surface area contributed by atoms with Crippen LogP contribution in [0, 0.1) is 0 Å². The van der Waals surface area contributed by atoms with E-state index in [2.05, 4.69) is 25.1 Å². The van der Waals surface area contributed by atoms with Crippen molar-refractivity contribution in [2.75, 3.05) is 6.61 Å². The van der Waals surface area contributed by atoms with E-state index in [9.17, 15) is 0 Å². The van der Waals surface area contributed by atoms with E-state index in [1.165, 1.54) is 9.36 Å². The van der Waals surface area contributed by atoms with Gasteiger partial charge in [0.05, 0.1) is 6.61 Å². The summed E-state index contributed by atoms with van der Waals surface area (Å²) < 4.78 is 8.42. The van der Waals surface area contributed by atoms with E-state index in [0.717, 1.165) is 0 Å². The van der Waals surface area contributed by atoms with Gasteiger partial charge in [-0.25, -0.2) is 9.36 Å². The maximum absolute atomic E-state index is 5.34. The first-order valence-electron chi connectivity index (χ1n) is 5.75. The molecule has 3 heterocycles. The van der Waals surface area contributed by atoms with E-state index in [4.69, 9.17) is 4.74 Å². The lowest BCUT2D eigenvalue weighted by molar-refractivity contribution is 0.309. The van der Waals surface area contributed by atoms with E-state index >= 15 is 0 Å². The molecule has 3 aromatic rings. The Bertz CT molecular complexity index is 595. The summed E-state index contributed by atoms with van der Waals surface area (Å²) >= 11 is 0. The standard InChI is InChI=1S/C11H11N7O/c1-2-19-11-15-9(17-7-3-5-12-17)14-10(16-11)18-8-4-6-13-18/h3-8H,2H2,1H3. The summed E-state index contributed by atoms with van der Waals surface area (Å²) in [6, 6.07) is 3.82. The minimum Gasteiger partial charge on any atom is -0.464 e. The second-order valence-electron chi connectivity index (χ2n) is 3.55. The predicted octanol–water partition coefficient (Wildman–Crippen LogP) is 0.642. The Balaban J connectivity index is 2.09. The van der Waals surface area contributed by atoms with Crippen LogP contribution in [0.3, 0.4) is 0 Å². The second kappa shape index (κ2) is 4.84. The van der Waals surface area contributed by atoms with Gasteiger partial charge in [0.15, 0.2) is 0 Å². The SMILES string of the molecule is CCOc1nc(-n2cccn2)nc(-n2cccn2)n1. The van der Waals surface area contributed by atoms with Gasteiger partial charge in [-0.05, 0) is 19.1 Å². The van der Waals surface area contributed by atoms with Gasteiger partial charge in [0.25, 0.3) is 11.9 Å². The minimum absolute atomic E-state index is 0.244. The molecule has 0 unspecified atom stereocenters. The van der Waals surface area contributed by atoms with Crippen LogP contribution in [0.2, 0.25) is 0 Å². The number of hydrogen-bond donors (Lipinski definition) is 0. The maximum atomic E-state index is 5.34. The number of nitrogens with zero attached hydrogens (tertiary/aromatic N) is 7. The van der Waals surface area contributed by atoms with Gasteiger partial charge in [-0.3, -0.25) is 0 Å². The van der Waals surface area contributed by atoms with Crippen molar-refractivity contribution in [3.63, 3.8) is 0 Å². The van der Waals surface area contributed by atoms with Gasteiger partial charge >= 0.3 is 6.01 Å². The summed E-state index contributed by atoms with van der Waals surface area (Å²) in [6.07, 6.45) is 6.80. The van der Waals surface area contributed by atoms with E-state index in [-0.39, 0.29) is 6.01 Å². The summed E-state index contributed by atoms with van der Waals surface area (Å²) in [7, 11) is 0. The maximum Gasteiger partial charge on any atom is 0.323 e. The average Bonchev–Trinajstić information content (AvgIpc) is 3.12. The van der Waals surface area contributed by atoms with Gasteiger partial charge in [0, 0.05) is 24.8 Å². The lowest BCUT2D eigenvalue weighted by Gasteiger charge is -2.06. The molecular formula is C11H11N7O. The Morgan fingerprint density at radius 2 is 1.53 bits per heavy atom. The van der Waals surface area contributed by atoms with Crippen molar-refractivity contribution in [3.8, 4) is 17.9 Å². The molecule has 0 radical (unpaired) electrons. The van der Waals surface area contributed by atoms with Crippen LogP contribution in [-0.2, 0) is 0 Å². The number of rotatable bonds is 4. The van der Waals surface area contributed by atoms with Crippen LogP contribution in [0.25, 0.3) is 11.9 Å². The molecule has 0 aliphatic rings. The summed E-state index contributed by atoms with van der Waals surface area (Å²) in [4.78, 5) is 12.7. The predicted molar refractivity (Wildman–Crippen MR) is 65.2 cm³/mol. The van der Waals surface area contributed by atoms with Crippen molar-refractivity contribution in [2.45, 2.75) is 6.92 Å². The van der Waals surface area contributed by atoms with Crippen molar-refractivity contribution < 1.29 is 4.74 Å². The molecule has 0 saturated carbocycles. The highest BCUT2D eigenvalue weighted by Gasteiger charge is 2.10. The molecule has 0 amide bonds. The summed E-state index contributed by atoms with van der Waals surface area (Å²) in [5.41, 5.74) is 0. The molecule has 19 heavy (non-hydrogen) atoms.